The Morgan fingerprint density at radius 2 is 1.56 bits per heavy atom. The molecule has 10 heteroatoms. The molecule has 1 heterocycles. The van der Waals surface area contributed by atoms with Crippen LogP contribution in [0.3, 0.4) is 0 Å². The Morgan fingerprint density at radius 1 is 0.949 bits per heavy atom. The molecule has 0 bridgehead atoms. The fraction of sp³-hybridized carbons (Fsp3) is 0.448. The van der Waals surface area contributed by atoms with Gasteiger partial charge < -0.3 is 30.5 Å². The number of likely N-dealkylation sites (tertiary alicyclic amines) is 1. The van der Waals surface area contributed by atoms with Crippen molar-refractivity contribution in [3.05, 3.63) is 65.7 Å². The molecule has 10 nitrogen and oxygen atoms in total. The second kappa shape index (κ2) is 13.1. The molecule has 3 atom stereocenters. The van der Waals surface area contributed by atoms with Crippen LogP contribution in [-0.2, 0) is 32.0 Å². The lowest BCUT2D eigenvalue weighted by atomic mass is 10.0. The van der Waals surface area contributed by atoms with Gasteiger partial charge in [0.2, 0.25) is 11.8 Å². The number of carbonyl (C=O) groups is 4. The molecule has 4 N–H and O–H groups in total. The molecule has 0 saturated carbocycles. The van der Waals surface area contributed by atoms with Crippen LogP contribution in [-0.4, -0.2) is 69.3 Å². The molecule has 0 unspecified atom stereocenters. The van der Waals surface area contributed by atoms with Crippen LogP contribution in [0, 0.1) is 0 Å². The fourth-order valence-electron chi connectivity index (χ4n) is 4.57. The Kier molecular flexibility index (Phi) is 9.92. The predicted molar refractivity (Wildman–Crippen MR) is 144 cm³/mol. The maximum absolute atomic E-state index is 13.7. The number of aromatic hydroxyl groups is 1. The van der Waals surface area contributed by atoms with Gasteiger partial charge in [-0.05, 0) is 56.9 Å². The summed E-state index contributed by atoms with van der Waals surface area (Å²) in [6.45, 7) is 5.58. The normalized spacial score (nSPS) is 16.7. The number of hydrogen-bond acceptors (Lipinski definition) is 6. The highest BCUT2D eigenvalue weighted by molar-refractivity contribution is 5.88. The first-order chi connectivity index (χ1) is 18.4. The van der Waals surface area contributed by atoms with Gasteiger partial charge in [0.1, 0.15) is 23.4 Å². The molecule has 210 valence electrons. The molecular weight excluding hydrogens is 502 g/mol. The summed E-state index contributed by atoms with van der Waals surface area (Å²) in [6, 6.07) is 12.9. The highest BCUT2D eigenvalue weighted by atomic mass is 16.6. The van der Waals surface area contributed by atoms with E-state index in [1.54, 1.807) is 62.1 Å². The first-order valence-corrected chi connectivity index (χ1v) is 13.1. The number of phenols is 1. The summed E-state index contributed by atoms with van der Waals surface area (Å²) in [5.74, 6) is -1.87. The van der Waals surface area contributed by atoms with E-state index < -0.39 is 41.7 Å². The summed E-state index contributed by atoms with van der Waals surface area (Å²) < 4.78 is 5.36. The molecule has 0 aromatic heterocycles. The van der Waals surface area contributed by atoms with E-state index >= 15 is 0 Å². The smallest absolute Gasteiger partial charge is 0.408 e. The van der Waals surface area contributed by atoms with Crippen molar-refractivity contribution in [2.45, 2.75) is 76.6 Å². The maximum atomic E-state index is 13.7. The van der Waals surface area contributed by atoms with Crippen LogP contribution >= 0.6 is 0 Å². The van der Waals surface area contributed by atoms with E-state index in [0.717, 1.165) is 11.1 Å². The van der Waals surface area contributed by atoms with E-state index in [2.05, 4.69) is 10.6 Å². The van der Waals surface area contributed by atoms with Gasteiger partial charge in [-0.2, -0.15) is 0 Å². The van der Waals surface area contributed by atoms with E-state index in [1.165, 1.54) is 12.1 Å². The Morgan fingerprint density at radius 3 is 2.18 bits per heavy atom. The number of nitrogens with zero attached hydrogens (tertiary/aromatic N) is 1. The van der Waals surface area contributed by atoms with Crippen molar-refractivity contribution < 1.29 is 34.1 Å². The van der Waals surface area contributed by atoms with Crippen LogP contribution < -0.4 is 10.6 Å². The molecule has 1 aliphatic heterocycles. The monoisotopic (exact) mass is 539 g/mol. The Hall–Kier alpha value is -4.08. The van der Waals surface area contributed by atoms with Gasteiger partial charge in [-0.15, -0.1) is 0 Å². The second-order valence-electron chi connectivity index (χ2n) is 10.7. The number of benzene rings is 2. The standard InChI is InChI=1S/C29H37N3O7/c1-29(2,3)39-28(38)31-23(16-20-11-13-22(33)14-12-20)26(35)32-15-7-10-21(32)18-25(34)30-24(27(36)37)17-19-8-5-4-6-9-19/h4-6,8-9,11-14,21,23-24,33H,7,10,15-18H2,1-3H3,(H,30,34)(H,31,38)(H,36,37)/t21-,23-,24-/m0/s1. The van der Waals surface area contributed by atoms with Gasteiger partial charge in [0.25, 0.3) is 0 Å². The van der Waals surface area contributed by atoms with Crippen molar-refractivity contribution in [2.75, 3.05) is 6.54 Å². The van der Waals surface area contributed by atoms with Gasteiger partial charge in [0, 0.05) is 31.8 Å². The Bertz CT molecular complexity index is 1150. The molecule has 2 aromatic rings. The lowest BCUT2D eigenvalue weighted by Crippen LogP contribution is -2.53. The number of aliphatic carboxylic acids is 1. The van der Waals surface area contributed by atoms with Gasteiger partial charge in [0.15, 0.2) is 0 Å². The first kappa shape index (κ1) is 29.5. The Balaban J connectivity index is 1.69. The molecule has 39 heavy (non-hydrogen) atoms. The third-order valence-corrected chi connectivity index (χ3v) is 6.36. The van der Waals surface area contributed by atoms with Crippen molar-refractivity contribution in [1.29, 1.82) is 0 Å². The molecule has 2 aromatic carbocycles. The summed E-state index contributed by atoms with van der Waals surface area (Å²) in [5.41, 5.74) is 0.749. The molecule has 1 aliphatic rings. The van der Waals surface area contributed by atoms with Crippen LogP contribution in [0.15, 0.2) is 54.6 Å². The topological polar surface area (TPSA) is 145 Å². The highest BCUT2D eigenvalue weighted by Gasteiger charge is 2.36. The van der Waals surface area contributed by atoms with Crippen LogP contribution in [0.1, 0.15) is 51.2 Å². The van der Waals surface area contributed by atoms with Crippen molar-refractivity contribution in [1.82, 2.24) is 15.5 Å². The quantitative estimate of drug-likeness (QED) is 0.363. The Labute approximate surface area is 228 Å². The van der Waals surface area contributed by atoms with E-state index in [-0.39, 0.29) is 30.9 Å². The number of carbonyl (C=O) groups excluding carboxylic acids is 3. The average Bonchev–Trinajstić information content (AvgIpc) is 3.31. The molecule has 3 amide bonds. The molecular formula is C29H37N3O7. The summed E-state index contributed by atoms with van der Waals surface area (Å²) in [6.07, 6.45) is 0.763. The van der Waals surface area contributed by atoms with E-state index in [9.17, 15) is 29.4 Å². The van der Waals surface area contributed by atoms with Gasteiger partial charge in [-0.25, -0.2) is 9.59 Å². The number of hydrogen-bond donors (Lipinski definition) is 4. The van der Waals surface area contributed by atoms with Crippen LogP contribution in [0.5, 0.6) is 5.75 Å². The third-order valence-electron chi connectivity index (χ3n) is 6.36. The number of amides is 3. The number of ether oxygens (including phenoxy) is 1. The molecule has 1 fully saturated rings. The summed E-state index contributed by atoms with van der Waals surface area (Å²) in [4.78, 5) is 52.5. The third kappa shape index (κ3) is 9.31. The van der Waals surface area contributed by atoms with E-state index in [0.29, 0.717) is 19.4 Å². The van der Waals surface area contributed by atoms with E-state index in [4.69, 9.17) is 4.74 Å². The van der Waals surface area contributed by atoms with Crippen LogP contribution in [0.4, 0.5) is 4.79 Å². The molecule has 0 aliphatic carbocycles. The average molecular weight is 540 g/mol. The number of nitrogens with one attached hydrogen (secondary N) is 2. The zero-order valence-electron chi connectivity index (χ0n) is 22.6. The number of alkyl carbamates (subject to hydrolysis) is 1. The van der Waals surface area contributed by atoms with Gasteiger partial charge >= 0.3 is 12.1 Å². The van der Waals surface area contributed by atoms with Crippen LogP contribution in [0.2, 0.25) is 0 Å². The number of carboxylic acid groups (broad SMARTS) is 1. The first-order valence-electron chi connectivity index (χ1n) is 13.1. The summed E-state index contributed by atoms with van der Waals surface area (Å²) in [7, 11) is 0. The van der Waals surface area contributed by atoms with Gasteiger partial charge in [-0.3, -0.25) is 9.59 Å². The minimum atomic E-state index is -1.14. The number of rotatable bonds is 10. The van der Waals surface area contributed by atoms with Crippen molar-refractivity contribution in [2.24, 2.45) is 0 Å². The molecule has 1 saturated heterocycles. The zero-order chi connectivity index (χ0) is 28.6. The SMILES string of the molecule is CC(C)(C)OC(=O)N[C@@H](Cc1ccc(O)cc1)C(=O)N1CCC[C@H]1CC(=O)N[C@@H](Cc1ccccc1)C(=O)O. The fourth-order valence-corrected chi connectivity index (χ4v) is 4.57. The van der Waals surface area contributed by atoms with E-state index in [1.807, 2.05) is 6.07 Å². The predicted octanol–water partition coefficient (Wildman–Crippen LogP) is 3.02. The molecule has 3 rings (SSSR count). The number of phenolic OH excluding ortho intramolecular Hbond substituents is 1. The van der Waals surface area contributed by atoms with Gasteiger partial charge in [0.05, 0.1) is 0 Å². The zero-order valence-corrected chi connectivity index (χ0v) is 22.6. The molecule has 0 radical (unpaired) electrons. The van der Waals surface area contributed by atoms with Crippen molar-refractivity contribution in [3.8, 4) is 5.75 Å². The highest BCUT2D eigenvalue weighted by Crippen LogP contribution is 2.23. The molecule has 0 spiro atoms. The summed E-state index contributed by atoms with van der Waals surface area (Å²) in [5, 5.41) is 24.5. The van der Waals surface area contributed by atoms with Crippen molar-refractivity contribution in [3.63, 3.8) is 0 Å². The maximum Gasteiger partial charge on any atom is 0.408 e. The minimum Gasteiger partial charge on any atom is -0.508 e. The second-order valence-corrected chi connectivity index (χ2v) is 10.7. The van der Waals surface area contributed by atoms with Crippen molar-refractivity contribution >= 4 is 23.9 Å². The van der Waals surface area contributed by atoms with Gasteiger partial charge in [-0.1, -0.05) is 42.5 Å². The lowest BCUT2D eigenvalue weighted by Gasteiger charge is -2.30. The largest absolute Gasteiger partial charge is 0.508 e. The lowest BCUT2D eigenvalue weighted by molar-refractivity contribution is -0.142. The summed E-state index contributed by atoms with van der Waals surface area (Å²) >= 11 is 0. The minimum absolute atomic E-state index is 0.0529. The van der Waals surface area contributed by atoms with Crippen LogP contribution in [0.25, 0.3) is 0 Å². The number of carboxylic acids is 1.